The van der Waals surface area contributed by atoms with E-state index in [0.29, 0.717) is 45.5 Å². The number of carboxylic acids is 1. The number of rotatable bonds is 4. The zero-order valence-corrected chi connectivity index (χ0v) is 12.1. The van der Waals surface area contributed by atoms with Crippen LogP contribution in [0.3, 0.4) is 0 Å². The minimum Gasteiger partial charge on any atom is -0.481 e. The highest BCUT2D eigenvalue weighted by Gasteiger charge is 2.42. The van der Waals surface area contributed by atoms with E-state index in [4.69, 9.17) is 4.74 Å². The average Bonchev–Trinajstić information content (AvgIpc) is 2.48. The molecule has 6 nitrogen and oxygen atoms in total. The molecule has 1 amide bonds. The Kier molecular flexibility index (Phi) is 4.99. The van der Waals surface area contributed by atoms with Crippen LogP contribution < -0.4 is 5.32 Å². The van der Waals surface area contributed by atoms with E-state index in [1.54, 1.807) is 4.90 Å². The lowest BCUT2D eigenvalue weighted by molar-refractivity contribution is -0.158. The lowest BCUT2D eigenvalue weighted by Gasteiger charge is -2.40. The lowest BCUT2D eigenvalue weighted by atomic mass is 9.75. The molecule has 1 atom stereocenters. The second-order valence-corrected chi connectivity index (χ2v) is 5.72. The fraction of sp³-hybridized carbons (Fsp3) is 0.857. The van der Waals surface area contributed by atoms with Gasteiger partial charge in [0, 0.05) is 26.2 Å². The van der Waals surface area contributed by atoms with Gasteiger partial charge in [-0.25, -0.2) is 0 Å². The van der Waals surface area contributed by atoms with Gasteiger partial charge in [-0.2, -0.15) is 0 Å². The maximum atomic E-state index is 12.3. The van der Waals surface area contributed by atoms with Gasteiger partial charge in [0.15, 0.2) is 0 Å². The van der Waals surface area contributed by atoms with Gasteiger partial charge in [0.1, 0.15) is 6.10 Å². The number of likely N-dealkylation sites (tertiary alicyclic amines) is 1. The molecule has 0 radical (unpaired) electrons. The van der Waals surface area contributed by atoms with E-state index in [2.05, 4.69) is 5.32 Å². The summed E-state index contributed by atoms with van der Waals surface area (Å²) >= 11 is 0. The van der Waals surface area contributed by atoms with Gasteiger partial charge in [0.2, 0.25) is 0 Å². The zero-order chi connectivity index (χ0) is 14.6. The molecule has 0 aromatic carbocycles. The summed E-state index contributed by atoms with van der Waals surface area (Å²) in [4.78, 5) is 25.6. The molecule has 0 aliphatic carbocycles. The minimum atomic E-state index is -0.720. The quantitative estimate of drug-likeness (QED) is 0.784. The van der Waals surface area contributed by atoms with E-state index in [1.807, 2.05) is 6.92 Å². The van der Waals surface area contributed by atoms with Crippen molar-refractivity contribution in [3.8, 4) is 0 Å². The third kappa shape index (κ3) is 3.12. The van der Waals surface area contributed by atoms with Crippen LogP contribution in [0.2, 0.25) is 0 Å². The molecular weight excluding hydrogens is 260 g/mol. The molecule has 114 valence electrons. The maximum absolute atomic E-state index is 12.3. The first-order chi connectivity index (χ1) is 9.59. The monoisotopic (exact) mass is 284 g/mol. The molecule has 0 bridgehead atoms. The van der Waals surface area contributed by atoms with Crippen molar-refractivity contribution in [2.45, 2.75) is 38.7 Å². The SMILES string of the molecule is CCCC1(C(=O)O)CCN(C(=O)C2CNCCO2)CC1. The average molecular weight is 284 g/mol. The molecule has 1 unspecified atom stereocenters. The molecule has 0 aromatic heterocycles. The number of nitrogens with zero attached hydrogens (tertiary/aromatic N) is 1. The van der Waals surface area contributed by atoms with Crippen LogP contribution in [-0.4, -0.2) is 60.8 Å². The fourth-order valence-corrected chi connectivity index (χ4v) is 3.13. The number of aliphatic carboxylic acids is 1. The fourth-order valence-electron chi connectivity index (χ4n) is 3.13. The molecule has 2 aliphatic heterocycles. The van der Waals surface area contributed by atoms with Gasteiger partial charge in [-0.05, 0) is 19.3 Å². The molecule has 0 spiro atoms. The van der Waals surface area contributed by atoms with Crippen LogP contribution in [0.4, 0.5) is 0 Å². The molecule has 0 saturated carbocycles. The summed E-state index contributed by atoms with van der Waals surface area (Å²) in [6.45, 7) is 4.93. The van der Waals surface area contributed by atoms with Crippen LogP contribution in [0.15, 0.2) is 0 Å². The van der Waals surface area contributed by atoms with Crippen molar-refractivity contribution in [1.82, 2.24) is 10.2 Å². The molecular formula is C14H24N2O4. The van der Waals surface area contributed by atoms with E-state index in [1.165, 1.54) is 0 Å². The van der Waals surface area contributed by atoms with E-state index in [-0.39, 0.29) is 5.91 Å². The topological polar surface area (TPSA) is 78.9 Å². The standard InChI is InChI=1S/C14H24N2O4/c1-2-3-14(13(18)19)4-7-16(8-5-14)12(17)11-10-15-6-9-20-11/h11,15H,2-10H2,1H3,(H,18,19). The van der Waals surface area contributed by atoms with E-state index < -0.39 is 17.5 Å². The van der Waals surface area contributed by atoms with Crippen LogP contribution in [0.25, 0.3) is 0 Å². The number of carbonyl (C=O) groups is 2. The summed E-state index contributed by atoms with van der Waals surface area (Å²) in [5.74, 6) is -0.727. The summed E-state index contributed by atoms with van der Waals surface area (Å²) in [5, 5.41) is 12.6. The van der Waals surface area contributed by atoms with Gasteiger partial charge < -0.3 is 20.1 Å². The Morgan fingerprint density at radius 3 is 2.60 bits per heavy atom. The molecule has 2 heterocycles. The minimum absolute atomic E-state index is 0.00677. The van der Waals surface area contributed by atoms with Crippen molar-refractivity contribution in [3.05, 3.63) is 0 Å². The van der Waals surface area contributed by atoms with Crippen molar-refractivity contribution in [2.75, 3.05) is 32.8 Å². The van der Waals surface area contributed by atoms with E-state index in [9.17, 15) is 14.7 Å². The highest BCUT2D eigenvalue weighted by molar-refractivity contribution is 5.82. The Morgan fingerprint density at radius 1 is 1.40 bits per heavy atom. The second-order valence-electron chi connectivity index (χ2n) is 5.72. The van der Waals surface area contributed by atoms with Gasteiger partial charge in [0.05, 0.1) is 12.0 Å². The van der Waals surface area contributed by atoms with Gasteiger partial charge in [-0.1, -0.05) is 13.3 Å². The van der Waals surface area contributed by atoms with Crippen molar-refractivity contribution in [2.24, 2.45) is 5.41 Å². The summed E-state index contributed by atoms with van der Waals surface area (Å²) in [6, 6.07) is 0. The molecule has 2 aliphatic rings. The first-order valence-electron chi connectivity index (χ1n) is 7.43. The van der Waals surface area contributed by atoms with Crippen molar-refractivity contribution in [1.29, 1.82) is 0 Å². The van der Waals surface area contributed by atoms with Crippen LogP contribution in [-0.2, 0) is 14.3 Å². The van der Waals surface area contributed by atoms with Gasteiger partial charge >= 0.3 is 5.97 Å². The number of hydrogen-bond acceptors (Lipinski definition) is 4. The Labute approximate surface area is 119 Å². The van der Waals surface area contributed by atoms with Crippen LogP contribution in [0.1, 0.15) is 32.6 Å². The van der Waals surface area contributed by atoms with Crippen molar-refractivity contribution < 1.29 is 19.4 Å². The van der Waals surface area contributed by atoms with Gasteiger partial charge in [0.25, 0.3) is 5.91 Å². The number of ether oxygens (including phenoxy) is 1. The highest BCUT2D eigenvalue weighted by atomic mass is 16.5. The van der Waals surface area contributed by atoms with E-state index in [0.717, 1.165) is 13.0 Å². The number of piperidine rings is 1. The van der Waals surface area contributed by atoms with Crippen LogP contribution in [0, 0.1) is 5.41 Å². The van der Waals surface area contributed by atoms with E-state index >= 15 is 0 Å². The lowest BCUT2D eigenvalue weighted by Crippen LogP contribution is -2.53. The Bertz CT molecular complexity index is 358. The Balaban J connectivity index is 1.92. The third-order valence-electron chi connectivity index (χ3n) is 4.42. The number of amides is 1. The molecule has 2 saturated heterocycles. The van der Waals surface area contributed by atoms with Crippen LogP contribution in [0.5, 0.6) is 0 Å². The van der Waals surface area contributed by atoms with Gasteiger partial charge in [-0.15, -0.1) is 0 Å². The Morgan fingerprint density at radius 2 is 2.10 bits per heavy atom. The number of nitrogens with one attached hydrogen (secondary N) is 1. The summed E-state index contributed by atoms with van der Waals surface area (Å²) < 4.78 is 5.47. The Hall–Kier alpha value is -1.14. The first-order valence-corrected chi connectivity index (χ1v) is 7.43. The second kappa shape index (κ2) is 6.54. The highest BCUT2D eigenvalue weighted by Crippen LogP contribution is 2.36. The van der Waals surface area contributed by atoms with Crippen molar-refractivity contribution in [3.63, 3.8) is 0 Å². The van der Waals surface area contributed by atoms with Crippen LogP contribution >= 0.6 is 0 Å². The number of morpholine rings is 1. The molecule has 6 heteroatoms. The predicted molar refractivity (Wildman–Crippen MR) is 73.4 cm³/mol. The smallest absolute Gasteiger partial charge is 0.309 e. The predicted octanol–water partition coefficient (Wildman–Crippen LogP) is 0.468. The van der Waals surface area contributed by atoms with Gasteiger partial charge in [-0.3, -0.25) is 9.59 Å². The maximum Gasteiger partial charge on any atom is 0.309 e. The summed E-state index contributed by atoms with van der Waals surface area (Å²) in [6.07, 6.45) is 2.22. The number of hydrogen-bond donors (Lipinski definition) is 2. The van der Waals surface area contributed by atoms with Crippen molar-refractivity contribution >= 4 is 11.9 Å². The molecule has 2 rings (SSSR count). The third-order valence-corrected chi connectivity index (χ3v) is 4.42. The summed E-state index contributed by atoms with van der Waals surface area (Å²) in [7, 11) is 0. The largest absolute Gasteiger partial charge is 0.481 e. The number of carboxylic acid groups (broad SMARTS) is 1. The molecule has 0 aromatic rings. The normalized spacial score (nSPS) is 26.2. The molecule has 2 N–H and O–H groups in total. The zero-order valence-electron chi connectivity index (χ0n) is 12.1. The summed E-state index contributed by atoms with van der Waals surface area (Å²) in [5.41, 5.74) is -0.642. The number of carbonyl (C=O) groups excluding carboxylic acids is 1. The molecule has 2 fully saturated rings. The first kappa shape index (κ1) is 15.3. The molecule has 20 heavy (non-hydrogen) atoms.